The van der Waals surface area contributed by atoms with Crippen LogP contribution in [0.25, 0.3) is 0 Å². The number of rotatable bonds is 5. The van der Waals surface area contributed by atoms with E-state index in [1.54, 1.807) is 7.11 Å². The molecule has 0 saturated carbocycles. The van der Waals surface area contributed by atoms with Gasteiger partial charge < -0.3 is 10.1 Å². The van der Waals surface area contributed by atoms with E-state index in [0.717, 1.165) is 13.0 Å². The van der Waals surface area contributed by atoms with Crippen molar-refractivity contribution in [1.29, 1.82) is 0 Å². The fourth-order valence-corrected chi connectivity index (χ4v) is 1.55. The number of ether oxygens (including phenoxy) is 1. The molecule has 1 N–H and O–H groups in total. The molecule has 0 bridgehead atoms. The van der Waals surface area contributed by atoms with Crippen LogP contribution in [0.5, 0.6) is 0 Å². The fourth-order valence-electron chi connectivity index (χ4n) is 1.55. The second-order valence-electron chi connectivity index (χ2n) is 3.55. The van der Waals surface area contributed by atoms with Gasteiger partial charge in [-0.15, -0.1) is 0 Å². The van der Waals surface area contributed by atoms with Crippen molar-refractivity contribution in [2.24, 2.45) is 0 Å². The monoisotopic (exact) mass is 193 g/mol. The molecule has 0 aliphatic rings. The third-order valence-electron chi connectivity index (χ3n) is 2.47. The van der Waals surface area contributed by atoms with Gasteiger partial charge in [0.15, 0.2) is 0 Å². The van der Waals surface area contributed by atoms with E-state index >= 15 is 0 Å². The normalized spacial score (nSPS) is 12.8. The van der Waals surface area contributed by atoms with E-state index in [1.807, 2.05) is 7.05 Å². The molecule has 1 rings (SSSR count). The summed E-state index contributed by atoms with van der Waals surface area (Å²) >= 11 is 0. The summed E-state index contributed by atoms with van der Waals surface area (Å²) in [5.74, 6) is 0. The Kier molecular flexibility index (Phi) is 4.63. The Hall–Kier alpha value is -0.860. The molecule has 0 aliphatic heterocycles. The van der Waals surface area contributed by atoms with Crippen LogP contribution >= 0.6 is 0 Å². The third kappa shape index (κ3) is 3.13. The lowest BCUT2D eigenvalue weighted by atomic mass is 10.0. The second-order valence-corrected chi connectivity index (χ2v) is 3.55. The zero-order valence-electron chi connectivity index (χ0n) is 9.21. The van der Waals surface area contributed by atoms with Crippen LogP contribution in [0.2, 0.25) is 0 Å². The number of hydrogen-bond acceptors (Lipinski definition) is 2. The predicted octanol–water partition coefficient (Wildman–Crippen LogP) is 1.77. The molecule has 0 heterocycles. The van der Waals surface area contributed by atoms with E-state index in [9.17, 15) is 0 Å². The van der Waals surface area contributed by atoms with Gasteiger partial charge >= 0.3 is 0 Å². The minimum Gasteiger partial charge on any atom is -0.380 e. The maximum Gasteiger partial charge on any atom is 0.0735 e. The summed E-state index contributed by atoms with van der Waals surface area (Å²) in [5.41, 5.74) is 2.71. The SMILES string of the molecule is CNCC(Cc1ccccc1C)OC. The highest BCUT2D eigenvalue weighted by Crippen LogP contribution is 2.10. The van der Waals surface area contributed by atoms with Crippen molar-refractivity contribution >= 4 is 0 Å². The summed E-state index contributed by atoms with van der Waals surface area (Å²) in [7, 11) is 3.71. The molecule has 1 unspecified atom stereocenters. The molecule has 78 valence electrons. The predicted molar refractivity (Wildman–Crippen MR) is 59.6 cm³/mol. The van der Waals surface area contributed by atoms with E-state index in [1.165, 1.54) is 11.1 Å². The summed E-state index contributed by atoms with van der Waals surface area (Å²) in [6.45, 7) is 3.03. The average Bonchev–Trinajstić information content (AvgIpc) is 2.20. The zero-order chi connectivity index (χ0) is 10.4. The first-order valence-electron chi connectivity index (χ1n) is 4.99. The Balaban J connectivity index is 2.62. The number of methoxy groups -OCH3 is 1. The molecule has 14 heavy (non-hydrogen) atoms. The number of hydrogen-bond donors (Lipinski definition) is 1. The number of nitrogens with one attached hydrogen (secondary N) is 1. The summed E-state index contributed by atoms with van der Waals surface area (Å²) in [4.78, 5) is 0. The van der Waals surface area contributed by atoms with Gasteiger partial charge in [-0.2, -0.15) is 0 Å². The van der Waals surface area contributed by atoms with E-state index < -0.39 is 0 Å². The van der Waals surface area contributed by atoms with Crippen molar-refractivity contribution in [3.63, 3.8) is 0 Å². The summed E-state index contributed by atoms with van der Waals surface area (Å²) in [6.07, 6.45) is 1.24. The summed E-state index contributed by atoms with van der Waals surface area (Å²) in [6, 6.07) is 8.45. The van der Waals surface area contributed by atoms with Crippen LogP contribution in [-0.4, -0.2) is 26.8 Å². The molecule has 0 radical (unpaired) electrons. The highest BCUT2D eigenvalue weighted by Gasteiger charge is 2.08. The van der Waals surface area contributed by atoms with Gasteiger partial charge in [0.2, 0.25) is 0 Å². The average molecular weight is 193 g/mol. The topological polar surface area (TPSA) is 21.3 Å². The fraction of sp³-hybridized carbons (Fsp3) is 0.500. The maximum absolute atomic E-state index is 5.39. The van der Waals surface area contributed by atoms with E-state index in [4.69, 9.17) is 4.74 Å². The van der Waals surface area contributed by atoms with E-state index in [-0.39, 0.29) is 6.10 Å². The van der Waals surface area contributed by atoms with Gasteiger partial charge in [0.1, 0.15) is 0 Å². The molecule has 0 fully saturated rings. The first-order valence-corrected chi connectivity index (χ1v) is 4.99. The number of likely N-dealkylation sites (N-methyl/N-ethyl adjacent to an activating group) is 1. The van der Waals surface area contributed by atoms with Crippen LogP contribution in [0.4, 0.5) is 0 Å². The maximum atomic E-state index is 5.39. The molecule has 1 aromatic rings. The smallest absolute Gasteiger partial charge is 0.0735 e. The molecule has 1 aromatic carbocycles. The van der Waals surface area contributed by atoms with Crippen molar-refractivity contribution in [3.8, 4) is 0 Å². The highest BCUT2D eigenvalue weighted by molar-refractivity contribution is 5.26. The first kappa shape index (κ1) is 11.2. The second kappa shape index (κ2) is 5.78. The largest absolute Gasteiger partial charge is 0.380 e. The highest BCUT2D eigenvalue weighted by atomic mass is 16.5. The van der Waals surface area contributed by atoms with Gasteiger partial charge in [-0.3, -0.25) is 0 Å². The van der Waals surface area contributed by atoms with Crippen molar-refractivity contribution < 1.29 is 4.74 Å². The van der Waals surface area contributed by atoms with Gasteiger partial charge in [-0.25, -0.2) is 0 Å². The molecule has 0 spiro atoms. The molecular formula is C12H19NO. The minimum absolute atomic E-state index is 0.265. The van der Waals surface area contributed by atoms with Crippen molar-refractivity contribution in [2.45, 2.75) is 19.4 Å². The van der Waals surface area contributed by atoms with Crippen molar-refractivity contribution in [1.82, 2.24) is 5.32 Å². The molecule has 1 atom stereocenters. The van der Waals surface area contributed by atoms with E-state index in [2.05, 4.69) is 36.5 Å². The third-order valence-corrected chi connectivity index (χ3v) is 2.47. The summed E-state index contributed by atoms with van der Waals surface area (Å²) < 4.78 is 5.39. The van der Waals surface area contributed by atoms with E-state index in [0.29, 0.717) is 0 Å². The minimum atomic E-state index is 0.265. The number of aryl methyl sites for hydroxylation is 1. The van der Waals surface area contributed by atoms with Crippen molar-refractivity contribution in [2.75, 3.05) is 20.7 Å². The lowest BCUT2D eigenvalue weighted by molar-refractivity contribution is 0.104. The lowest BCUT2D eigenvalue weighted by Gasteiger charge is -2.15. The quantitative estimate of drug-likeness (QED) is 0.769. The van der Waals surface area contributed by atoms with Crippen LogP contribution in [0.3, 0.4) is 0 Å². The Bertz CT molecular complexity index is 273. The molecule has 2 heteroatoms. The van der Waals surface area contributed by atoms with Crippen LogP contribution in [0.15, 0.2) is 24.3 Å². The molecule has 0 aliphatic carbocycles. The van der Waals surface area contributed by atoms with Crippen molar-refractivity contribution in [3.05, 3.63) is 35.4 Å². The van der Waals surface area contributed by atoms with Gasteiger partial charge in [0.25, 0.3) is 0 Å². The zero-order valence-corrected chi connectivity index (χ0v) is 9.21. The van der Waals surface area contributed by atoms with Crippen LogP contribution in [0, 0.1) is 6.92 Å². The Morgan fingerprint density at radius 3 is 2.64 bits per heavy atom. The van der Waals surface area contributed by atoms with Gasteiger partial charge in [-0.05, 0) is 25.1 Å². The lowest BCUT2D eigenvalue weighted by Crippen LogP contribution is -2.27. The number of benzene rings is 1. The first-order chi connectivity index (χ1) is 6.77. The molecule has 2 nitrogen and oxygen atoms in total. The molecule has 0 aromatic heterocycles. The Labute approximate surface area is 86.3 Å². The van der Waals surface area contributed by atoms with Crippen LogP contribution in [-0.2, 0) is 11.2 Å². The molecule has 0 saturated heterocycles. The molecular weight excluding hydrogens is 174 g/mol. The Morgan fingerprint density at radius 2 is 2.07 bits per heavy atom. The summed E-state index contributed by atoms with van der Waals surface area (Å²) in [5, 5.41) is 3.13. The van der Waals surface area contributed by atoms with Gasteiger partial charge in [0, 0.05) is 20.1 Å². The standard InChI is InChI=1S/C12H19NO/c1-10-6-4-5-7-11(10)8-12(14-3)9-13-2/h4-7,12-13H,8-9H2,1-3H3. The van der Waals surface area contributed by atoms with Gasteiger partial charge in [0.05, 0.1) is 6.10 Å². The van der Waals surface area contributed by atoms with Gasteiger partial charge in [-0.1, -0.05) is 24.3 Å². The molecule has 0 amide bonds. The Morgan fingerprint density at radius 1 is 1.36 bits per heavy atom. The van der Waals surface area contributed by atoms with Crippen LogP contribution < -0.4 is 5.32 Å². The van der Waals surface area contributed by atoms with Crippen LogP contribution in [0.1, 0.15) is 11.1 Å².